The minimum atomic E-state index is -0.114. The maximum atomic E-state index is 13.0. The van der Waals surface area contributed by atoms with Crippen LogP contribution < -0.4 is 25.8 Å². The summed E-state index contributed by atoms with van der Waals surface area (Å²) >= 11 is 0. The fourth-order valence-corrected chi connectivity index (χ4v) is 19.4. The number of amides is 5. The monoisotopic (exact) mass is 1940 g/mol. The molecule has 726 valence electrons. The average Bonchev–Trinajstić information content (AvgIpc) is 1.58. The van der Waals surface area contributed by atoms with E-state index < -0.39 is 0 Å². The SMILES string of the molecule is Cc1nn2cc1C1=NCc3ncc(nc31)-c1c(nc3ncccn13)N(C)C(=O)CCC2.Cc1nn2cc1C1=NCc3ncc(nc31)-c1c(nc3ncccn13)NC(=O)CCC2.Cc1nn2cc1C1=NCc3ncc(nc31)-c1cn(C)nc1N(C)C(=O)CCC2.Cc1nn2cc1C1=NCc3ncc(nc31)-c1cn(C)nc1NC(=O)CCC2.Cn1cc2c(n1)NC(=O)CCCn1cc(c(C3CC3)n1)C1=NCc3ncc-2nc31. The molecule has 1 fully saturated rings. The quantitative estimate of drug-likeness (QED) is 0.138. The molecule has 10 aliphatic heterocycles. The lowest BCUT2D eigenvalue weighted by Gasteiger charge is -2.17. The van der Waals surface area contributed by atoms with Crippen molar-refractivity contribution in [1.29, 1.82) is 0 Å². The van der Waals surface area contributed by atoms with Gasteiger partial charge in [-0.05, 0) is 84.8 Å². The molecule has 0 saturated heterocycles. The lowest BCUT2D eigenvalue weighted by atomic mass is 10.1. The second-order valence-electron chi connectivity index (χ2n) is 37.0. The summed E-state index contributed by atoms with van der Waals surface area (Å²) in [5.41, 5.74) is 28.7. The van der Waals surface area contributed by atoms with Gasteiger partial charge in [-0.1, -0.05) is 0 Å². The molecule has 0 unspecified atom stereocenters. The lowest BCUT2D eigenvalue weighted by molar-refractivity contribution is -0.119. The van der Waals surface area contributed by atoms with Crippen molar-refractivity contribution in [2.45, 2.75) is 176 Å². The first-order valence-corrected chi connectivity index (χ1v) is 48.0. The van der Waals surface area contributed by atoms with Crippen LogP contribution in [0.3, 0.4) is 0 Å². The summed E-state index contributed by atoms with van der Waals surface area (Å²) in [5.74, 6) is 3.76. The number of aryl methyl sites for hydroxylation is 12. The molecule has 17 aromatic heterocycles. The number of anilines is 5. The molecule has 145 heavy (non-hydrogen) atoms. The number of aromatic nitrogens is 32. The predicted molar refractivity (Wildman–Crippen MR) is 528 cm³/mol. The maximum Gasteiger partial charge on any atom is 0.236 e. The molecule has 11 aliphatic rings. The van der Waals surface area contributed by atoms with Gasteiger partial charge in [-0.3, -0.25) is 130 Å². The van der Waals surface area contributed by atoms with Crippen molar-refractivity contribution in [2.75, 3.05) is 39.8 Å². The Labute approximate surface area is 824 Å². The fourth-order valence-electron chi connectivity index (χ4n) is 19.4. The Morgan fingerprint density at radius 3 is 1.06 bits per heavy atom. The van der Waals surface area contributed by atoms with E-state index >= 15 is 0 Å². The lowest BCUT2D eigenvalue weighted by Crippen LogP contribution is -2.27. The minimum Gasteiger partial charge on any atom is -0.309 e. The summed E-state index contributed by atoms with van der Waals surface area (Å²) in [5, 5.41) is 45.2. The number of hydrogen-bond donors (Lipinski definition) is 3. The Morgan fingerprint density at radius 2 is 0.641 bits per heavy atom. The molecule has 28 rings (SSSR count). The Kier molecular flexibility index (Phi) is 22.4. The van der Waals surface area contributed by atoms with Gasteiger partial charge in [0.15, 0.2) is 29.1 Å². The Hall–Kier alpha value is -18.0. The topological polar surface area (TPSA) is 522 Å². The van der Waals surface area contributed by atoms with Crippen LogP contribution in [0.1, 0.15) is 196 Å². The Balaban J connectivity index is 0.0000000974. The van der Waals surface area contributed by atoms with Crippen molar-refractivity contribution in [3.05, 3.63) is 231 Å². The van der Waals surface area contributed by atoms with E-state index in [1.807, 2.05) is 149 Å². The molecule has 1 saturated carbocycles. The van der Waals surface area contributed by atoms with E-state index in [0.717, 1.165) is 171 Å². The van der Waals surface area contributed by atoms with Gasteiger partial charge in [-0.15, -0.1) is 0 Å². The van der Waals surface area contributed by atoms with Crippen LogP contribution in [0.2, 0.25) is 0 Å². The van der Waals surface area contributed by atoms with Gasteiger partial charge < -0.3 is 16.0 Å². The van der Waals surface area contributed by atoms with Crippen molar-refractivity contribution in [3.63, 3.8) is 0 Å². The van der Waals surface area contributed by atoms with Crippen LogP contribution in [0.5, 0.6) is 0 Å². The van der Waals surface area contributed by atoms with Crippen molar-refractivity contribution in [2.24, 2.45) is 46.1 Å². The molecule has 20 bridgehead atoms. The van der Waals surface area contributed by atoms with Crippen molar-refractivity contribution < 1.29 is 24.0 Å². The second kappa shape index (κ2) is 36.3. The molecule has 0 spiro atoms. The summed E-state index contributed by atoms with van der Waals surface area (Å²) in [6, 6.07) is 3.64. The van der Waals surface area contributed by atoms with E-state index in [1.165, 1.54) is 0 Å². The molecule has 0 atom stereocenters. The normalized spacial score (nSPS) is 16.2. The number of aliphatic imine (C=N–C) groups is 5. The molecule has 17 aromatic rings. The number of fused-ring (bicyclic) bond motifs is 34. The smallest absolute Gasteiger partial charge is 0.236 e. The van der Waals surface area contributed by atoms with E-state index in [-0.39, 0.29) is 29.5 Å². The number of carbonyl (C=O) groups is 5. The van der Waals surface area contributed by atoms with Crippen LogP contribution in [0.15, 0.2) is 142 Å². The van der Waals surface area contributed by atoms with E-state index in [9.17, 15) is 24.0 Å². The van der Waals surface area contributed by atoms with Gasteiger partial charge in [-0.25, -0.2) is 34.9 Å². The maximum absolute atomic E-state index is 13.0. The molecular weight excluding hydrogens is 1850 g/mol. The molecule has 1 aliphatic carbocycles. The average molecular weight is 1940 g/mol. The Bertz CT molecular complexity index is 8430. The minimum absolute atomic E-state index is 0.0116. The summed E-state index contributed by atoms with van der Waals surface area (Å²) in [7, 11) is 8.98. The number of rotatable bonds is 1. The standard InChI is InChI=1S/C21H19N9O.C20H17N9O.C20H20N8O.C19H20N8O.C18H18N8O/c1-12-13-11-29(27-12)7-3-5-16(31)28(2)20-19(30-8-4-6-22-21(30)26-20)15-10-23-14-9-24-17(13)18(14)25-15;1-11-12-10-28(27-11)6-2-4-15(30)25-19-18(29-7-3-5-21-20(29)26-19)14-9-22-13-8-23-16(12)17(13)24-14;1-27-9-12-14-7-21-15-8-22-18(19(15)23-14)13-10-28(25-17(13)11-4-5-11)6-2-3-16(29)24-20(12)26-27;1-11-12-10-27(23-11)6-4-5-16(28)26(3)19-13(9-25(2)24-19)14-7-20-15-8-21-17(12)18(15)22-14;1-10-11-9-26(23-10)5-3-4-15(27)22-18-12(8-25(2)24-18)13-6-19-14-7-20-16(11)17(14)21-13/h4,6,8,10-11H,3,5,7,9H2,1-2H3;3,5,7,9-10H,2,4,6,8H2,1H3,(H,25,30);7,9-11H,2-6,8H2,1H3,(H,24,26,29);7,9-10H,4-6,8H2,1-3H3;6,8-9H,3-5,7H2,1-2H3,(H,22,24,27). The molecular formula is C98H94N42O5. The number of nitrogens with zero attached hydrogens (tertiary/aromatic N) is 39. The predicted octanol–water partition coefficient (Wildman–Crippen LogP) is 8.56. The fraction of sp³-hybridized carbons (Fsp3) is 0.327. The first-order valence-electron chi connectivity index (χ1n) is 48.0. The van der Waals surface area contributed by atoms with E-state index in [2.05, 4.69) is 113 Å². The van der Waals surface area contributed by atoms with E-state index in [0.29, 0.717) is 216 Å². The summed E-state index contributed by atoms with van der Waals surface area (Å²) in [4.78, 5) is 155. The van der Waals surface area contributed by atoms with Crippen LogP contribution in [0, 0.1) is 27.7 Å². The Morgan fingerprint density at radius 1 is 0.310 bits per heavy atom. The van der Waals surface area contributed by atoms with E-state index in [1.54, 1.807) is 81.3 Å². The highest BCUT2D eigenvalue weighted by atomic mass is 16.2. The van der Waals surface area contributed by atoms with Gasteiger partial charge in [0.05, 0.1) is 183 Å². The molecule has 5 amide bonds. The second-order valence-corrected chi connectivity index (χ2v) is 37.0. The van der Waals surface area contributed by atoms with Crippen LogP contribution in [0.4, 0.5) is 29.1 Å². The molecule has 47 nitrogen and oxygen atoms in total. The molecule has 27 heterocycles. The van der Waals surface area contributed by atoms with Gasteiger partial charge in [0.25, 0.3) is 0 Å². The first-order chi connectivity index (χ1) is 70.5. The van der Waals surface area contributed by atoms with E-state index in [4.69, 9.17) is 45.0 Å². The van der Waals surface area contributed by atoms with Gasteiger partial charge in [0, 0.05) is 208 Å². The van der Waals surface area contributed by atoms with Gasteiger partial charge in [0.2, 0.25) is 41.1 Å². The number of hydrogen-bond acceptors (Lipinski definition) is 32. The van der Waals surface area contributed by atoms with Crippen molar-refractivity contribution in [1.82, 2.24) is 157 Å². The summed E-state index contributed by atoms with van der Waals surface area (Å²) in [6.07, 6.45) is 39.0. The zero-order valence-electron chi connectivity index (χ0n) is 80.6. The van der Waals surface area contributed by atoms with Crippen LogP contribution in [-0.2, 0) is 111 Å². The number of carbonyl (C=O) groups excluding carboxylic acids is 5. The number of nitrogens with one attached hydrogen (secondary N) is 3. The highest BCUT2D eigenvalue weighted by Gasteiger charge is 2.38. The largest absolute Gasteiger partial charge is 0.309 e. The molecule has 47 heteroatoms. The summed E-state index contributed by atoms with van der Waals surface area (Å²) < 4.78 is 18.1. The van der Waals surface area contributed by atoms with Crippen molar-refractivity contribution in [3.8, 4) is 56.5 Å². The van der Waals surface area contributed by atoms with Crippen LogP contribution in [0.25, 0.3) is 68.1 Å². The molecule has 0 radical (unpaired) electrons. The van der Waals surface area contributed by atoms with Gasteiger partial charge in [0.1, 0.15) is 51.2 Å². The third-order valence-electron chi connectivity index (χ3n) is 26.8. The third kappa shape index (κ3) is 16.9. The third-order valence-corrected chi connectivity index (χ3v) is 26.8. The van der Waals surface area contributed by atoms with Crippen LogP contribution in [-0.4, -0.2) is 229 Å². The molecule has 0 aromatic carbocycles. The zero-order chi connectivity index (χ0) is 98.8. The summed E-state index contributed by atoms with van der Waals surface area (Å²) in [6.45, 7) is 13.7. The first kappa shape index (κ1) is 89.6. The van der Waals surface area contributed by atoms with Gasteiger partial charge >= 0.3 is 0 Å². The highest BCUT2D eigenvalue weighted by molar-refractivity contribution is 6.18. The highest BCUT2D eigenvalue weighted by Crippen LogP contribution is 2.44. The zero-order valence-corrected chi connectivity index (χ0v) is 80.6. The van der Waals surface area contributed by atoms with Crippen molar-refractivity contribution >= 4 is 98.7 Å². The molecule has 3 N–H and O–H groups in total. The number of imidazole rings is 2. The van der Waals surface area contributed by atoms with Crippen LogP contribution >= 0.6 is 0 Å². The van der Waals surface area contributed by atoms with Gasteiger partial charge in [-0.2, -0.15) is 50.8 Å².